The van der Waals surface area contributed by atoms with Gasteiger partial charge in [-0.05, 0) is 12.1 Å². The van der Waals surface area contributed by atoms with Crippen molar-refractivity contribution in [1.29, 1.82) is 0 Å². The summed E-state index contributed by atoms with van der Waals surface area (Å²) in [4.78, 5) is 0.119. The molecule has 12 heavy (non-hydrogen) atoms. The van der Waals surface area contributed by atoms with Crippen LogP contribution in [0.3, 0.4) is 0 Å². The van der Waals surface area contributed by atoms with E-state index in [1.54, 1.807) is 0 Å². The number of hydrogen-bond acceptors (Lipinski definition) is 2. The minimum absolute atomic E-state index is 0.0325. The monoisotopic (exact) mass is 190 g/mol. The average molecular weight is 190 g/mol. The molecule has 0 aromatic heterocycles. The van der Waals surface area contributed by atoms with Gasteiger partial charge in [-0.1, -0.05) is 0 Å². The van der Waals surface area contributed by atoms with Crippen LogP contribution in [0.4, 0.5) is 4.39 Å². The predicted molar refractivity (Wildman–Crippen MR) is 42.0 cm³/mol. The highest BCUT2D eigenvalue weighted by molar-refractivity contribution is 7.79. The van der Waals surface area contributed by atoms with Gasteiger partial charge in [0.2, 0.25) is 0 Å². The van der Waals surface area contributed by atoms with Crippen LogP contribution >= 0.6 is 0 Å². The minimum Gasteiger partial charge on any atom is -0.494 e. The molecule has 0 amide bonds. The minimum atomic E-state index is -2.10. The topological polar surface area (TPSA) is 46.5 Å². The van der Waals surface area contributed by atoms with E-state index in [2.05, 4.69) is 4.74 Å². The molecule has 0 radical (unpaired) electrons. The Hall–Kier alpha value is -0.940. The molecule has 66 valence electrons. The predicted octanol–water partition coefficient (Wildman–Crippen LogP) is 1.41. The van der Waals surface area contributed by atoms with E-state index in [0.29, 0.717) is 0 Å². The maximum absolute atomic E-state index is 12.7. The summed E-state index contributed by atoms with van der Waals surface area (Å²) >= 11 is -2.10. The van der Waals surface area contributed by atoms with Gasteiger partial charge in [-0.25, -0.2) is 8.60 Å². The summed E-state index contributed by atoms with van der Waals surface area (Å²) in [5.41, 5.74) is 0. The molecule has 1 aromatic carbocycles. The Morgan fingerprint density at radius 1 is 1.58 bits per heavy atom. The summed E-state index contributed by atoms with van der Waals surface area (Å²) in [6, 6.07) is 3.50. The van der Waals surface area contributed by atoms with Gasteiger partial charge >= 0.3 is 0 Å². The Morgan fingerprint density at radius 2 is 2.25 bits per heavy atom. The fourth-order valence-corrected chi connectivity index (χ4v) is 1.14. The van der Waals surface area contributed by atoms with Crippen LogP contribution in [0.15, 0.2) is 23.1 Å². The molecular formula is C7H7FO3S. The second-order valence-electron chi connectivity index (χ2n) is 2.05. The first-order valence-electron chi connectivity index (χ1n) is 3.09. The second-order valence-corrected chi connectivity index (χ2v) is 3.02. The van der Waals surface area contributed by atoms with Crippen LogP contribution in [-0.2, 0) is 11.1 Å². The van der Waals surface area contributed by atoms with Crippen molar-refractivity contribution in [1.82, 2.24) is 0 Å². The molecule has 0 spiro atoms. The van der Waals surface area contributed by atoms with Crippen LogP contribution in [0.1, 0.15) is 0 Å². The number of rotatable bonds is 2. The lowest BCUT2D eigenvalue weighted by molar-refractivity contribution is 0.385. The van der Waals surface area contributed by atoms with Crippen LogP contribution in [0, 0.1) is 5.82 Å². The third-order valence-electron chi connectivity index (χ3n) is 1.32. The zero-order valence-corrected chi connectivity index (χ0v) is 7.10. The van der Waals surface area contributed by atoms with Crippen molar-refractivity contribution in [3.63, 3.8) is 0 Å². The largest absolute Gasteiger partial charge is 0.494 e. The molecule has 0 aliphatic heterocycles. The van der Waals surface area contributed by atoms with Crippen molar-refractivity contribution in [2.45, 2.75) is 4.90 Å². The molecule has 1 atom stereocenters. The fourth-order valence-electron chi connectivity index (χ4n) is 0.749. The van der Waals surface area contributed by atoms with Gasteiger partial charge in [0.1, 0.15) is 0 Å². The standard InChI is InChI=1S/C7H7FO3S/c1-11-7-4-5(12(9)10)2-3-6(7)8/h2-4H,1H3,(H,9,10). The Labute approximate surface area is 71.5 Å². The van der Waals surface area contributed by atoms with Gasteiger partial charge in [-0.3, -0.25) is 0 Å². The third-order valence-corrected chi connectivity index (χ3v) is 1.98. The van der Waals surface area contributed by atoms with Crippen LogP contribution in [0.2, 0.25) is 0 Å². The lowest BCUT2D eigenvalue weighted by Crippen LogP contribution is -1.92. The number of halogens is 1. The van der Waals surface area contributed by atoms with Crippen molar-refractivity contribution < 1.29 is 17.9 Å². The normalized spacial score (nSPS) is 12.6. The first kappa shape index (κ1) is 9.15. The first-order valence-corrected chi connectivity index (χ1v) is 4.20. The highest BCUT2D eigenvalue weighted by Gasteiger charge is 2.06. The maximum Gasteiger partial charge on any atom is 0.186 e. The fraction of sp³-hybridized carbons (Fsp3) is 0.143. The molecule has 1 rings (SSSR count). The summed E-state index contributed by atoms with van der Waals surface area (Å²) < 4.78 is 36.5. The summed E-state index contributed by atoms with van der Waals surface area (Å²) in [6.07, 6.45) is 0. The molecule has 0 heterocycles. The lowest BCUT2D eigenvalue weighted by Gasteiger charge is -2.01. The number of hydrogen-bond donors (Lipinski definition) is 1. The second kappa shape index (κ2) is 3.64. The molecule has 1 N–H and O–H groups in total. The average Bonchev–Trinajstić information content (AvgIpc) is 2.05. The molecule has 5 heteroatoms. The maximum atomic E-state index is 12.7. The van der Waals surface area contributed by atoms with Crippen LogP contribution in [0.25, 0.3) is 0 Å². The van der Waals surface area contributed by atoms with E-state index in [-0.39, 0.29) is 10.6 Å². The van der Waals surface area contributed by atoms with Crippen molar-refractivity contribution in [2.24, 2.45) is 0 Å². The quantitative estimate of drug-likeness (QED) is 0.717. The molecule has 0 saturated heterocycles. The van der Waals surface area contributed by atoms with E-state index < -0.39 is 16.9 Å². The summed E-state index contributed by atoms with van der Waals surface area (Å²) in [5, 5.41) is 0. The Kier molecular flexibility index (Phi) is 2.78. The van der Waals surface area contributed by atoms with E-state index in [4.69, 9.17) is 4.55 Å². The molecular weight excluding hydrogens is 183 g/mol. The van der Waals surface area contributed by atoms with E-state index in [9.17, 15) is 8.60 Å². The number of methoxy groups -OCH3 is 1. The molecule has 1 aromatic rings. The van der Waals surface area contributed by atoms with Gasteiger partial charge in [0.05, 0.1) is 12.0 Å². The third kappa shape index (κ3) is 1.80. The van der Waals surface area contributed by atoms with Crippen molar-refractivity contribution in [2.75, 3.05) is 7.11 Å². The lowest BCUT2D eigenvalue weighted by atomic mass is 10.3. The zero-order chi connectivity index (χ0) is 9.14. The van der Waals surface area contributed by atoms with Gasteiger partial charge in [0, 0.05) is 6.07 Å². The molecule has 1 unspecified atom stereocenters. The van der Waals surface area contributed by atoms with E-state index in [1.165, 1.54) is 19.2 Å². The number of benzene rings is 1. The van der Waals surface area contributed by atoms with Gasteiger partial charge in [0.25, 0.3) is 0 Å². The van der Waals surface area contributed by atoms with Crippen LogP contribution < -0.4 is 4.74 Å². The molecule has 0 aliphatic carbocycles. The number of ether oxygens (including phenoxy) is 1. The van der Waals surface area contributed by atoms with E-state index in [0.717, 1.165) is 6.07 Å². The van der Waals surface area contributed by atoms with E-state index >= 15 is 0 Å². The SMILES string of the molecule is COc1cc(S(=O)O)ccc1F. The zero-order valence-electron chi connectivity index (χ0n) is 6.28. The van der Waals surface area contributed by atoms with Gasteiger partial charge in [0.15, 0.2) is 22.6 Å². The molecule has 3 nitrogen and oxygen atoms in total. The van der Waals surface area contributed by atoms with Gasteiger partial charge < -0.3 is 9.29 Å². The molecule has 0 fully saturated rings. The Balaban J connectivity index is 3.13. The van der Waals surface area contributed by atoms with Crippen LogP contribution in [0.5, 0.6) is 5.75 Å². The van der Waals surface area contributed by atoms with E-state index in [1.807, 2.05) is 0 Å². The molecule has 0 aliphatic rings. The summed E-state index contributed by atoms with van der Waals surface area (Å²) in [7, 11) is 1.29. The van der Waals surface area contributed by atoms with Crippen molar-refractivity contribution in [3.05, 3.63) is 24.0 Å². The smallest absolute Gasteiger partial charge is 0.186 e. The van der Waals surface area contributed by atoms with Gasteiger partial charge in [-0.15, -0.1) is 0 Å². The van der Waals surface area contributed by atoms with Crippen LogP contribution in [-0.4, -0.2) is 15.9 Å². The Bertz CT molecular complexity index is 314. The van der Waals surface area contributed by atoms with Gasteiger partial charge in [-0.2, -0.15) is 0 Å². The Morgan fingerprint density at radius 3 is 2.75 bits per heavy atom. The first-order chi connectivity index (χ1) is 5.65. The molecule has 0 bridgehead atoms. The highest BCUT2D eigenvalue weighted by atomic mass is 32.2. The van der Waals surface area contributed by atoms with Crippen molar-refractivity contribution >= 4 is 11.1 Å². The van der Waals surface area contributed by atoms with Crippen molar-refractivity contribution in [3.8, 4) is 5.75 Å². The summed E-state index contributed by atoms with van der Waals surface area (Å²) in [6.45, 7) is 0. The molecule has 0 saturated carbocycles. The summed E-state index contributed by atoms with van der Waals surface area (Å²) in [5.74, 6) is -0.582. The highest BCUT2D eigenvalue weighted by Crippen LogP contribution is 2.19.